The molecule has 72 valence electrons. The lowest BCUT2D eigenvalue weighted by molar-refractivity contribution is -0.174. The van der Waals surface area contributed by atoms with Gasteiger partial charge >= 0.3 is 11.9 Å². The molecule has 0 aromatic heterocycles. The molecule has 1 aliphatic heterocycles. The topological polar surface area (TPSA) is 72.8 Å². The first-order valence-electron chi connectivity index (χ1n) is 3.68. The third-order valence-corrected chi connectivity index (χ3v) is 1.80. The van der Waals surface area contributed by atoms with Crippen LogP contribution in [0.1, 0.15) is 6.92 Å². The molecule has 0 aliphatic carbocycles. The summed E-state index contributed by atoms with van der Waals surface area (Å²) in [5, 5.41) is 9.60. The SMILES string of the molecule is COC(=O)[C@](C)(O)[C@H]1C=CC(=O)O1. The van der Waals surface area contributed by atoms with Crippen LogP contribution in [0.15, 0.2) is 12.2 Å². The van der Waals surface area contributed by atoms with E-state index in [2.05, 4.69) is 9.47 Å². The van der Waals surface area contributed by atoms with E-state index < -0.39 is 23.6 Å². The summed E-state index contributed by atoms with van der Waals surface area (Å²) in [6.07, 6.45) is 1.51. The van der Waals surface area contributed by atoms with Gasteiger partial charge in [-0.3, -0.25) is 0 Å². The fourth-order valence-electron chi connectivity index (χ4n) is 0.995. The molecule has 0 unspecified atom stereocenters. The van der Waals surface area contributed by atoms with Gasteiger partial charge in [0.05, 0.1) is 7.11 Å². The molecule has 2 atom stereocenters. The Hall–Kier alpha value is -1.36. The highest BCUT2D eigenvalue weighted by atomic mass is 16.6. The van der Waals surface area contributed by atoms with E-state index in [9.17, 15) is 14.7 Å². The van der Waals surface area contributed by atoms with Crippen LogP contribution in [0.5, 0.6) is 0 Å². The summed E-state index contributed by atoms with van der Waals surface area (Å²) >= 11 is 0. The number of carbonyl (C=O) groups excluding carboxylic acids is 2. The molecule has 13 heavy (non-hydrogen) atoms. The second-order valence-corrected chi connectivity index (χ2v) is 2.86. The number of rotatable bonds is 2. The highest BCUT2D eigenvalue weighted by Gasteiger charge is 2.43. The summed E-state index contributed by atoms with van der Waals surface area (Å²) in [6, 6.07) is 0. The summed E-state index contributed by atoms with van der Waals surface area (Å²) in [5.41, 5.74) is -1.82. The molecule has 0 spiro atoms. The van der Waals surface area contributed by atoms with Crippen molar-refractivity contribution < 1.29 is 24.2 Å². The third-order valence-electron chi connectivity index (χ3n) is 1.80. The lowest BCUT2D eigenvalue weighted by Crippen LogP contribution is -2.47. The van der Waals surface area contributed by atoms with Crippen LogP contribution in [-0.4, -0.2) is 35.9 Å². The molecule has 0 amide bonds. The molecule has 0 saturated heterocycles. The second-order valence-electron chi connectivity index (χ2n) is 2.86. The largest absolute Gasteiger partial charge is 0.467 e. The van der Waals surface area contributed by atoms with Gasteiger partial charge in [0.2, 0.25) is 0 Å². The second kappa shape index (κ2) is 3.18. The fraction of sp³-hybridized carbons (Fsp3) is 0.500. The van der Waals surface area contributed by atoms with E-state index in [1.165, 1.54) is 13.0 Å². The first-order chi connectivity index (χ1) is 5.98. The molecule has 5 heteroatoms. The van der Waals surface area contributed by atoms with Gasteiger partial charge in [0.1, 0.15) is 0 Å². The maximum absolute atomic E-state index is 11.0. The molecule has 1 N–H and O–H groups in total. The van der Waals surface area contributed by atoms with Crippen molar-refractivity contribution in [2.45, 2.75) is 18.6 Å². The van der Waals surface area contributed by atoms with Crippen LogP contribution in [0.2, 0.25) is 0 Å². The van der Waals surface area contributed by atoms with Crippen LogP contribution >= 0.6 is 0 Å². The molecule has 1 heterocycles. The van der Waals surface area contributed by atoms with Crippen molar-refractivity contribution in [2.24, 2.45) is 0 Å². The number of carbonyl (C=O) groups is 2. The Morgan fingerprint density at radius 1 is 1.77 bits per heavy atom. The van der Waals surface area contributed by atoms with Crippen molar-refractivity contribution in [3.05, 3.63) is 12.2 Å². The summed E-state index contributed by atoms with van der Waals surface area (Å²) in [5.74, 6) is -1.41. The highest BCUT2D eigenvalue weighted by Crippen LogP contribution is 2.20. The van der Waals surface area contributed by atoms with Gasteiger partial charge in [0, 0.05) is 6.08 Å². The first kappa shape index (κ1) is 9.73. The predicted molar refractivity (Wildman–Crippen MR) is 41.7 cm³/mol. The van der Waals surface area contributed by atoms with Gasteiger partial charge in [-0.2, -0.15) is 0 Å². The van der Waals surface area contributed by atoms with Crippen LogP contribution in [-0.2, 0) is 19.1 Å². The van der Waals surface area contributed by atoms with Crippen molar-refractivity contribution in [3.63, 3.8) is 0 Å². The summed E-state index contributed by atoms with van der Waals surface area (Å²) < 4.78 is 9.00. The van der Waals surface area contributed by atoms with E-state index in [0.717, 1.165) is 13.2 Å². The standard InChI is InChI=1S/C8H10O5/c1-8(11,7(10)12-2)5-3-4-6(9)13-5/h3-5,11H,1-2H3/t5-,8-/m1/s1. The Balaban J connectivity index is 2.76. The lowest BCUT2D eigenvalue weighted by atomic mass is 10.00. The molecule has 0 aromatic rings. The number of ether oxygens (including phenoxy) is 2. The van der Waals surface area contributed by atoms with Crippen LogP contribution in [0, 0.1) is 0 Å². The normalized spacial score (nSPS) is 25.2. The van der Waals surface area contributed by atoms with Crippen molar-refractivity contribution in [1.29, 1.82) is 0 Å². The molecule has 1 aliphatic rings. The molecule has 0 bridgehead atoms. The van der Waals surface area contributed by atoms with E-state index in [1.54, 1.807) is 0 Å². The van der Waals surface area contributed by atoms with Gasteiger partial charge in [0.15, 0.2) is 11.7 Å². The van der Waals surface area contributed by atoms with Gasteiger partial charge in [-0.15, -0.1) is 0 Å². The van der Waals surface area contributed by atoms with E-state index in [1.807, 2.05) is 0 Å². The Labute approximate surface area is 74.9 Å². The number of methoxy groups -OCH3 is 1. The number of esters is 2. The average molecular weight is 186 g/mol. The minimum Gasteiger partial charge on any atom is -0.467 e. The number of cyclic esters (lactones) is 1. The predicted octanol–water partition coefficient (Wildman–Crippen LogP) is -0.608. The Bertz CT molecular complexity index is 266. The van der Waals surface area contributed by atoms with E-state index in [0.29, 0.717) is 0 Å². The zero-order valence-corrected chi connectivity index (χ0v) is 7.31. The quantitative estimate of drug-likeness (QED) is 0.582. The number of aliphatic hydroxyl groups is 1. The maximum Gasteiger partial charge on any atom is 0.341 e. The minimum absolute atomic E-state index is 0.575. The Kier molecular flexibility index (Phi) is 2.38. The average Bonchev–Trinajstić information content (AvgIpc) is 2.50. The first-order valence-corrected chi connectivity index (χ1v) is 3.68. The van der Waals surface area contributed by atoms with Crippen molar-refractivity contribution in [3.8, 4) is 0 Å². The highest BCUT2D eigenvalue weighted by molar-refractivity contribution is 5.87. The van der Waals surface area contributed by atoms with Crippen LogP contribution < -0.4 is 0 Å². The molecular weight excluding hydrogens is 176 g/mol. The minimum atomic E-state index is -1.82. The van der Waals surface area contributed by atoms with Crippen LogP contribution in [0.3, 0.4) is 0 Å². The van der Waals surface area contributed by atoms with Crippen molar-refractivity contribution >= 4 is 11.9 Å². The zero-order valence-electron chi connectivity index (χ0n) is 7.31. The molecule has 0 saturated carbocycles. The van der Waals surface area contributed by atoms with Gasteiger partial charge in [-0.25, -0.2) is 9.59 Å². The van der Waals surface area contributed by atoms with Crippen molar-refractivity contribution in [1.82, 2.24) is 0 Å². The lowest BCUT2D eigenvalue weighted by Gasteiger charge is -2.24. The molecule has 1 rings (SSSR count). The van der Waals surface area contributed by atoms with E-state index >= 15 is 0 Å². The summed E-state index contributed by atoms with van der Waals surface area (Å²) in [6.45, 7) is 1.23. The Morgan fingerprint density at radius 3 is 2.77 bits per heavy atom. The van der Waals surface area contributed by atoms with Crippen LogP contribution in [0.25, 0.3) is 0 Å². The van der Waals surface area contributed by atoms with Gasteiger partial charge < -0.3 is 14.6 Å². The van der Waals surface area contributed by atoms with E-state index in [-0.39, 0.29) is 0 Å². The summed E-state index contributed by atoms with van der Waals surface area (Å²) in [7, 11) is 1.15. The van der Waals surface area contributed by atoms with Crippen molar-refractivity contribution in [2.75, 3.05) is 7.11 Å². The number of hydrogen-bond donors (Lipinski definition) is 1. The van der Waals surface area contributed by atoms with Gasteiger partial charge in [0.25, 0.3) is 0 Å². The third kappa shape index (κ3) is 1.70. The van der Waals surface area contributed by atoms with Gasteiger partial charge in [-0.1, -0.05) is 0 Å². The number of hydrogen-bond acceptors (Lipinski definition) is 5. The van der Waals surface area contributed by atoms with E-state index in [4.69, 9.17) is 0 Å². The molecule has 0 aromatic carbocycles. The van der Waals surface area contributed by atoms with Crippen LogP contribution in [0.4, 0.5) is 0 Å². The maximum atomic E-state index is 11.0. The Morgan fingerprint density at radius 2 is 2.38 bits per heavy atom. The van der Waals surface area contributed by atoms with Gasteiger partial charge in [-0.05, 0) is 13.0 Å². The molecule has 0 fully saturated rings. The monoisotopic (exact) mass is 186 g/mol. The fourth-order valence-corrected chi connectivity index (χ4v) is 0.995. The smallest absolute Gasteiger partial charge is 0.341 e. The molecule has 0 radical (unpaired) electrons. The molecule has 5 nitrogen and oxygen atoms in total. The summed E-state index contributed by atoms with van der Waals surface area (Å²) in [4.78, 5) is 21.7. The zero-order chi connectivity index (χ0) is 10.1. The molecular formula is C8H10O5.